The summed E-state index contributed by atoms with van der Waals surface area (Å²) in [4.78, 5) is 15.2. The highest BCUT2D eigenvalue weighted by atomic mass is 19.1. The van der Waals surface area contributed by atoms with E-state index in [1.807, 2.05) is 6.07 Å². The molecule has 1 aromatic rings. The molecule has 3 nitrogen and oxygen atoms in total. The number of carbonyl (C=O) groups excluding carboxylic acids is 1. The zero-order valence-electron chi connectivity index (χ0n) is 13.8. The summed E-state index contributed by atoms with van der Waals surface area (Å²) in [7, 11) is 0. The smallest absolute Gasteiger partial charge is 0.230 e. The first-order chi connectivity index (χ1) is 11.2. The highest BCUT2D eigenvalue weighted by molar-refractivity contribution is 5.89. The zero-order chi connectivity index (χ0) is 16.1. The number of likely N-dealkylation sites (tertiary alicyclic amines) is 1. The summed E-state index contributed by atoms with van der Waals surface area (Å²) in [6.45, 7) is 4.17. The van der Waals surface area contributed by atoms with Gasteiger partial charge in [-0.1, -0.05) is 25.0 Å². The van der Waals surface area contributed by atoms with E-state index in [-0.39, 0.29) is 11.7 Å². The molecule has 0 radical (unpaired) electrons. The van der Waals surface area contributed by atoms with Crippen LogP contribution in [-0.2, 0) is 10.2 Å². The monoisotopic (exact) mass is 318 g/mol. The molecule has 1 aliphatic heterocycles. The van der Waals surface area contributed by atoms with Crippen LogP contribution in [0.25, 0.3) is 0 Å². The standard InChI is InChI=1S/C19H27FN2O/c20-17-8-4-7-16(15-17)19(9-5-10-19)18(23)21-11-6-14-22-12-2-1-3-13-22/h4,7-8,15H,1-3,5-6,9-14H2,(H,21,23). The predicted octanol–water partition coefficient (Wildman–Crippen LogP) is 3.24. The second-order valence-electron chi connectivity index (χ2n) is 6.96. The van der Waals surface area contributed by atoms with Gasteiger partial charge in [0.2, 0.25) is 5.91 Å². The number of piperidine rings is 1. The second-order valence-corrected chi connectivity index (χ2v) is 6.96. The van der Waals surface area contributed by atoms with Gasteiger partial charge in [0, 0.05) is 6.54 Å². The van der Waals surface area contributed by atoms with Gasteiger partial charge in [0.1, 0.15) is 5.82 Å². The van der Waals surface area contributed by atoms with Crippen LogP contribution >= 0.6 is 0 Å². The van der Waals surface area contributed by atoms with Crippen LogP contribution in [-0.4, -0.2) is 37.0 Å². The summed E-state index contributed by atoms with van der Waals surface area (Å²) in [5, 5.41) is 3.09. The third kappa shape index (κ3) is 3.74. The third-order valence-electron chi connectivity index (χ3n) is 5.40. The maximum absolute atomic E-state index is 13.5. The van der Waals surface area contributed by atoms with E-state index in [9.17, 15) is 9.18 Å². The van der Waals surface area contributed by atoms with E-state index in [1.54, 1.807) is 6.07 Å². The molecule has 1 aliphatic carbocycles. The topological polar surface area (TPSA) is 32.3 Å². The fraction of sp³-hybridized carbons (Fsp3) is 0.632. The largest absolute Gasteiger partial charge is 0.355 e. The molecule has 0 atom stereocenters. The van der Waals surface area contributed by atoms with Crippen LogP contribution < -0.4 is 5.32 Å². The van der Waals surface area contributed by atoms with E-state index in [0.29, 0.717) is 6.54 Å². The highest BCUT2D eigenvalue weighted by Gasteiger charge is 2.45. The van der Waals surface area contributed by atoms with Gasteiger partial charge in [-0.25, -0.2) is 4.39 Å². The number of carbonyl (C=O) groups is 1. The Labute approximate surface area is 138 Å². The lowest BCUT2D eigenvalue weighted by Gasteiger charge is -2.40. The summed E-state index contributed by atoms with van der Waals surface area (Å²) < 4.78 is 13.5. The molecule has 1 N–H and O–H groups in total. The third-order valence-corrected chi connectivity index (χ3v) is 5.40. The van der Waals surface area contributed by atoms with Crippen LogP contribution in [0.5, 0.6) is 0 Å². The van der Waals surface area contributed by atoms with E-state index >= 15 is 0 Å². The molecule has 0 aromatic heterocycles. The number of hydrogen-bond donors (Lipinski definition) is 1. The average Bonchev–Trinajstić information content (AvgIpc) is 2.52. The Hall–Kier alpha value is -1.42. The summed E-state index contributed by atoms with van der Waals surface area (Å²) in [5.41, 5.74) is 0.338. The Bertz CT molecular complexity index is 536. The van der Waals surface area contributed by atoms with Crippen molar-refractivity contribution in [3.05, 3.63) is 35.6 Å². The summed E-state index contributed by atoms with van der Waals surface area (Å²) >= 11 is 0. The van der Waals surface area contributed by atoms with Gasteiger partial charge in [0.15, 0.2) is 0 Å². The molecule has 0 spiro atoms. The number of halogens is 1. The predicted molar refractivity (Wildman–Crippen MR) is 89.8 cm³/mol. The molecular formula is C19H27FN2O. The van der Waals surface area contributed by atoms with E-state index in [1.165, 1.54) is 44.5 Å². The lowest BCUT2D eigenvalue weighted by molar-refractivity contribution is -0.129. The molecule has 2 fully saturated rings. The van der Waals surface area contributed by atoms with Crippen molar-refractivity contribution in [2.45, 2.75) is 50.4 Å². The Morgan fingerprint density at radius 2 is 1.96 bits per heavy atom. The summed E-state index contributed by atoms with van der Waals surface area (Å²) in [5.74, 6) is -0.181. The quantitative estimate of drug-likeness (QED) is 0.817. The normalized spacial score (nSPS) is 20.7. The molecular weight excluding hydrogens is 291 g/mol. The van der Waals surface area contributed by atoms with Crippen molar-refractivity contribution >= 4 is 5.91 Å². The number of benzene rings is 1. The average molecular weight is 318 g/mol. The van der Waals surface area contributed by atoms with E-state index in [2.05, 4.69) is 10.2 Å². The van der Waals surface area contributed by atoms with Crippen LogP contribution in [0.1, 0.15) is 50.5 Å². The molecule has 0 bridgehead atoms. The first kappa shape index (κ1) is 16.4. The van der Waals surface area contributed by atoms with E-state index < -0.39 is 5.41 Å². The molecule has 2 aliphatic rings. The minimum Gasteiger partial charge on any atom is -0.355 e. The van der Waals surface area contributed by atoms with Crippen molar-refractivity contribution in [3.8, 4) is 0 Å². The molecule has 4 heteroatoms. The van der Waals surface area contributed by atoms with Gasteiger partial charge in [-0.15, -0.1) is 0 Å². The molecule has 1 saturated carbocycles. The fourth-order valence-corrected chi connectivity index (χ4v) is 3.82. The number of rotatable bonds is 6. The molecule has 23 heavy (non-hydrogen) atoms. The van der Waals surface area contributed by atoms with Gasteiger partial charge in [0.25, 0.3) is 0 Å². The fourth-order valence-electron chi connectivity index (χ4n) is 3.82. The summed E-state index contributed by atoms with van der Waals surface area (Å²) in [6, 6.07) is 6.54. The van der Waals surface area contributed by atoms with E-state index in [0.717, 1.165) is 37.8 Å². The molecule has 1 amide bonds. The number of nitrogens with one attached hydrogen (secondary N) is 1. The Balaban J connectivity index is 1.50. The first-order valence-corrected chi connectivity index (χ1v) is 8.97. The molecule has 1 heterocycles. The first-order valence-electron chi connectivity index (χ1n) is 8.97. The van der Waals surface area contributed by atoms with E-state index in [4.69, 9.17) is 0 Å². The minimum atomic E-state index is -0.493. The number of nitrogens with zero attached hydrogens (tertiary/aromatic N) is 1. The molecule has 1 aromatic carbocycles. The van der Waals surface area contributed by atoms with Crippen LogP contribution in [0.2, 0.25) is 0 Å². The highest BCUT2D eigenvalue weighted by Crippen LogP contribution is 2.44. The molecule has 1 saturated heterocycles. The van der Waals surface area contributed by atoms with Crippen LogP contribution in [0.4, 0.5) is 4.39 Å². The van der Waals surface area contributed by atoms with Crippen molar-refractivity contribution in [1.29, 1.82) is 0 Å². The lowest BCUT2D eigenvalue weighted by atomic mass is 9.64. The molecule has 0 unspecified atom stereocenters. The lowest BCUT2D eigenvalue weighted by Crippen LogP contribution is -2.49. The Morgan fingerprint density at radius 3 is 2.61 bits per heavy atom. The van der Waals surface area contributed by atoms with Gasteiger partial charge in [0.05, 0.1) is 5.41 Å². The zero-order valence-corrected chi connectivity index (χ0v) is 13.8. The van der Waals surface area contributed by atoms with Crippen molar-refractivity contribution in [1.82, 2.24) is 10.2 Å². The maximum atomic E-state index is 13.5. The van der Waals surface area contributed by atoms with Crippen LogP contribution in [0.15, 0.2) is 24.3 Å². The Morgan fingerprint density at radius 1 is 1.17 bits per heavy atom. The molecule has 126 valence electrons. The molecule has 3 rings (SSSR count). The van der Waals surface area contributed by atoms with Crippen LogP contribution in [0, 0.1) is 5.82 Å². The second kappa shape index (κ2) is 7.43. The van der Waals surface area contributed by atoms with Gasteiger partial charge >= 0.3 is 0 Å². The van der Waals surface area contributed by atoms with Crippen molar-refractivity contribution in [3.63, 3.8) is 0 Å². The van der Waals surface area contributed by atoms with Gasteiger partial charge in [-0.2, -0.15) is 0 Å². The van der Waals surface area contributed by atoms with Crippen molar-refractivity contribution in [2.75, 3.05) is 26.2 Å². The van der Waals surface area contributed by atoms with Crippen molar-refractivity contribution < 1.29 is 9.18 Å². The minimum absolute atomic E-state index is 0.0768. The number of amides is 1. The maximum Gasteiger partial charge on any atom is 0.230 e. The SMILES string of the molecule is O=C(NCCCN1CCCCC1)C1(c2cccc(F)c2)CCC1. The van der Waals surface area contributed by atoms with Gasteiger partial charge < -0.3 is 10.2 Å². The van der Waals surface area contributed by atoms with Crippen molar-refractivity contribution in [2.24, 2.45) is 0 Å². The summed E-state index contributed by atoms with van der Waals surface area (Å²) in [6.07, 6.45) is 7.64. The van der Waals surface area contributed by atoms with Gasteiger partial charge in [-0.05, 0) is 69.4 Å². The Kier molecular flexibility index (Phi) is 5.31. The van der Waals surface area contributed by atoms with Gasteiger partial charge in [-0.3, -0.25) is 4.79 Å². The van der Waals surface area contributed by atoms with Crippen LogP contribution in [0.3, 0.4) is 0 Å². The number of hydrogen-bond acceptors (Lipinski definition) is 2.